The van der Waals surface area contributed by atoms with E-state index in [1.807, 2.05) is 6.07 Å². The van der Waals surface area contributed by atoms with Crippen LogP contribution in [0.1, 0.15) is 6.92 Å². The first-order valence-corrected chi connectivity index (χ1v) is 7.96. The number of hydrogen-bond donors (Lipinski definition) is 0. The predicted molar refractivity (Wildman–Crippen MR) is 95.1 cm³/mol. The highest BCUT2D eigenvalue weighted by molar-refractivity contribution is 9.10. The SMILES string of the molecule is COc1ccc2c(=O)n(-c3ccc(OC(C)=O)cc3)cc(Br)c2c1. The number of ether oxygens (including phenoxy) is 2. The van der Waals surface area contributed by atoms with E-state index in [0.717, 1.165) is 9.86 Å². The molecule has 1 heterocycles. The number of rotatable bonds is 3. The highest BCUT2D eigenvalue weighted by atomic mass is 79.9. The molecule has 0 atom stereocenters. The molecule has 0 unspecified atom stereocenters. The van der Waals surface area contributed by atoms with E-state index in [0.29, 0.717) is 22.6 Å². The van der Waals surface area contributed by atoms with Gasteiger partial charge >= 0.3 is 5.97 Å². The molecule has 3 aromatic rings. The van der Waals surface area contributed by atoms with E-state index in [-0.39, 0.29) is 11.5 Å². The molecular weight excluding hydrogens is 374 g/mol. The summed E-state index contributed by atoms with van der Waals surface area (Å²) in [5.74, 6) is 0.734. The van der Waals surface area contributed by atoms with Crippen LogP contribution in [0.15, 0.2) is 57.9 Å². The summed E-state index contributed by atoms with van der Waals surface area (Å²) >= 11 is 3.51. The average molecular weight is 388 g/mol. The summed E-state index contributed by atoms with van der Waals surface area (Å²) in [5.41, 5.74) is 0.533. The van der Waals surface area contributed by atoms with Gasteiger partial charge in [-0.3, -0.25) is 14.2 Å². The summed E-state index contributed by atoms with van der Waals surface area (Å²) in [5, 5.41) is 1.36. The lowest BCUT2D eigenvalue weighted by atomic mass is 10.1. The van der Waals surface area contributed by atoms with Crippen LogP contribution in [0.4, 0.5) is 0 Å². The zero-order valence-electron chi connectivity index (χ0n) is 13.1. The summed E-state index contributed by atoms with van der Waals surface area (Å²) < 4.78 is 12.5. The monoisotopic (exact) mass is 387 g/mol. The lowest BCUT2D eigenvalue weighted by Gasteiger charge is -2.11. The summed E-state index contributed by atoms with van der Waals surface area (Å²) in [7, 11) is 1.58. The Labute approximate surface area is 146 Å². The number of benzene rings is 2. The number of fused-ring (bicyclic) bond motifs is 1. The van der Waals surface area contributed by atoms with Crippen LogP contribution in [0.25, 0.3) is 16.5 Å². The van der Waals surface area contributed by atoms with Crippen molar-refractivity contribution in [2.45, 2.75) is 6.92 Å². The maximum atomic E-state index is 12.8. The number of carbonyl (C=O) groups is 1. The van der Waals surface area contributed by atoms with E-state index in [9.17, 15) is 9.59 Å². The van der Waals surface area contributed by atoms with Crippen molar-refractivity contribution in [3.8, 4) is 17.2 Å². The van der Waals surface area contributed by atoms with Gasteiger partial charge in [-0.1, -0.05) is 0 Å². The van der Waals surface area contributed by atoms with Crippen LogP contribution in [0.3, 0.4) is 0 Å². The Morgan fingerprint density at radius 2 is 1.71 bits per heavy atom. The number of nitrogens with zero attached hydrogens (tertiary/aromatic N) is 1. The number of halogens is 1. The number of pyridine rings is 1. The second kappa shape index (κ2) is 6.49. The zero-order chi connectivity index (χ0) is 17.3. The van der Waals surface area contributed by atoms with Gasteiger partial charge in [-0.05, 0) is 58.4 Å². The van der Waals surface area contributed by atoms with Crippen molar-refractivity contribution >= 4 is 32.7 Å². The first-order chi connectivity index (χ1) is 11.5. The fourth-order valence-electron chi connectivity index (χ4n) is 2.44. The summed E-state index contributed by atoms with van der Waals surface area (Å²) in [6.07, 6.45) is 1.71. The molecule has 122 valence electrons. The van der Waals surface area contributed by atoms with Gasteiger partial charge in [0.25, 0.3) is 5.56 Å². The lowest BCUT2D eigenvalue weighted by Crippen LogP contribution is -2.18. The molecule has 0 bridgehead atoms. The van der Waals surface area contributed by atoms with E-state index < -0.39 is 0 Å². The minimum absolute atomic E-state index is 0.143. The van der Waals surface area contributed by atoms with Gasteiger partial charge in [0, 0.05) is 34.1 Å². The van der Waals surface area contributed by atoms with Gasteiger partial charge in [-0.25, -0.2) is 0 Å². The fraction of sp³-hybridized carbons (Fsp3) is 0.111. The van der Waals surface area contributed by atoms with Crippen molar-refractivity contribution in [3.63, 3.8) is 0 Å². The van der Waals surface area contributed by atoms with Crippen molar-refractivity contribution in [3.05, 3.63) is 63.5 Å². The van der Waals surface area contributed by atoms with Gasteiger partial charge < -0.3 is 9.47 Å². The molecule has 24 heavy (non-hydrogen) atoms. The molecule has 0 aliphatic rings. The van der Waals surface area contributed by atoms with Crippen molar-refractivity contribution in [2.24, 2.45) is 0 Å². The molecule has 0 amide bonds. The quantitative estimate of drug-likeness (QED) is 0.507. The number of hydrogen-bond acceptors (Lipinski definition) is 4. The molecule has 0 aliphatic heterocycles. The molecule has 2 aromatic carbocycles. The van der Waals surface area contributed by atoms with Crippen molar-refractivity contribution in [1.29, 1.82) is 0 Å². The van der Waals surface area contributed by atoms with Gasteiger partial charge in [0.15, 0.2) is 0 Å². The first-order valence-electron chi connectivity index (χ1n) is 7.17. The van der Waals surface area contributed by atoms with Crippen LogP contribution in [0.5, 0.6) is 11.5 Å². The van der Waals surface area contributed by atoms with Crippen LogP contribution < -0.4 is 15.0 Å². The van der Waals surface area contributed by atoms with Crippen LogP contribution in [0, 0.1) is 0 Å². The predicted octanol–water partition coefficient (Wildman–Crippen LogP) is 3.69. The van der Waals surface area contributed by atoms with Crippen molar-refractivity contribution in [2.75, 3.05) is 7.11 Å². The van der Waals surface area contributed by atoms with Gasteiger partial charge in [0.1, 0.15) is 11.5 Å². The van der Waals surface area contributed by atoms with Gasteiger partial charge in [-0.15, -0.1) is 0 Å². The van der Waals surface area contributed by atoms with E-state index in [4.69, 9.17) is 9.47 Å². The molecule has 0 N–H and O–H groups in total. The molecule has 0 saturated carbocycles. The molecule has 0 saturated heterocycles. The average Bonchev–Trinajstić information content (AvgIpc) is 2.58. The number of methoxy groups -OCH3 is 1. The highest BCUT2D eigenvalue weighted by Crippen LogP contribution is 2.26. The molecule has 0 fully saturated rings. The third kappa shape index (κ3) is 3.05. The van der Waals surface area contributed by atoms with Crippen LogP contribution in [-0.2, 0) is 4.79 Å². The number of aromatic nitrogens is 1. The zero-order valence-corrected chi connectivity index (χ0v) is 14.7. The van der Waals surface area contributed by atoms with Gasteiger partial charge in [0.2, 0.25) is 0 Å². The topological polar surface area (TPSA) is 57.5 Å². The summed E-state index contributed by atoms with van der Waals surface area (Å²) in [6.45, 7) is 1.34. The van der Waals surface area contributed by atoms with Gasteiger partial charge in [-0.2, -0.15) is 0 Å². The maximum Gasteiger partial charge on any atom is 0.308 e. The molecule has 0 spiro atoms. The van der Waals surface area contributed by atoms with Crippen LogP contribution in [0.2, 0.25) is 0 Å². The molecule has 1 aromatic heterocycles. The van der Waals surface area contributed by atoms with E-state index >= 15 is 0 Å². The Hall–Kier alpha value is -2.60. The Kier molecular flexibility index (Phi) is 4.40. The summed E-state index contributed by atoms with van der Waals surface area (Å²) in [6, 6.07) is 12.1. The van der Waals surface area contributed by atoms with E-state index in [1.54, 1.807) is 49.7 Å². The van der Waals surface area contributed by atoms with Crippen LogP contribution in [-0.4, -0.2) is 17.6 Å². The smallest absolute Gasteiger partial charge is 0.308 e. The second-order valence-electron chi connectivity index (χ2n) is 5.15. The second-order valence-corrected chi connectivity index (χ2v) is 6.01. The Morgan fingerprint density at radius 3 is 2.33 bits per heavy atom. The Morgan fingerprint density at radius 1 is 1.04 bits per heavy atom. The van der Waals surface area contributed by atoms with Crippen molar-refractivity contribution in [1.82, 2.24) is 4.57 Å². The number of carbonyl (C=O) groups excluding carboxylic acids is 1. The number of esters is 1. The first kappa shape index (κ1) is 16.3. The minimum atomic E-state index is -0.387. The molecule has 0 aliphatic carbocycles. The van der Waals surface area contributed by atoms with Crippen molar-refractivity contribution < 1.29 is 14.3 Å². The van der Waals surface area contributed by atoms with Gasteiger partial charge in [0.05, 0.1) is 7.11 Å². The molecule has 6 heteroatoms. The Balaban J connectivity index is 2.11. The maximum absolute atomic E-state index is 12.8. The van der Waals surface area contributed by atoms with E-state index in [2.05, 4.69) is 15.9 Å². The minimum Gasteiger partial charge on any atom is -0.497 e. The standard InChI is InChI=1S/C18H14BrNO4/c1-11(21)24-13-5-3-12(4-6-13)20-10-17(19)16-9-14(23-2)7-8-15(16)18(20)22/h3-10H,1-2H3. The lowest BCUT2D eigenvalue weighted by molar-refractivity contribution is -0.131. The van der Waals surface area contributed by atoms with E-state index in [1.165, 1.54) is 11.5 Å². The fourth-order valence-corrected chi connectivity index (χ4v) is 2.97. The highest BCUT2D eigenvalue weighted by Gasteiger charge is 2.10. The molecular formula is C18H14BrNO4. The third-order valence-electron chi connectivity index (χ3n) is 3.55. The molecule has 3 rings (SSSR count). The van der Waals surface area contributed by atoms with Crippen LogP contribution >= 0.6 is 15.9 Å². The summed E-state index contributed by atoms with van der Waals surface area (Å²) in [4.78, 5) is 23.7. The molecule has 5 nitrogen and oxygen atoms in total. The Bertz CT molecular complexity index is 977. The third-order valence-corrected chi connectivity index (χ3v) is 4.18. The molecule has 0 radical (unpaired) electrons. The largest absolute Gasteiger partial charge is 0.497 e. The normalized spacial score (nSPS) is 10.6.